The van der Waals surface area contributed by atoms with E-state index in [2.05, 4.69) is 10.2 Å². The van der Waals surface area contributed by atoms with E-state index in [1.54, 1.807) is 18.2 Å². The molecule has 0 atom stereocenters. The summed E-state index contributed by atoms with van der Waals surface area (Å²) in [5.74, 6) is 0. The van der Waals surface area contributed by atoms with Gasteiger partial charge < -0.3 is 5.73 Å². The number of nitrogen functional groups attached to an aromatic ring is 1. The van der Waals surface area contributed by atoms with Crippen LogP contribution in [0.5, 0.6) is 0 Å². The molecule has 3 aromatic carbocycles. The number of nitro groups is 1. The Morgan fingerprint density at radius 3 is 2.35 bits per heavy atom. The first-order valence-corrected chi connectivity index (χ1v) is 8.66. The van der Waals surface area contributed by atoms with Crippen molar-refractivity contribution in [3.63, 3.8) is 0 Å². The second-order valence-corrected chi connectivity index (χ2v) is 6.70. The van der Waals surface area contributed by atoms with Crippen LogP contribution in [0.3, 0.4) is 0 Å². The Bertz CT molecular complexity index is 1160. The van der Waals surface area contributed by atoms with E-state index < -0.39 is 15.0 Å². The van der Waals surface area contributed by atoms with Crippen molar-refractivity contribution in [2.24, 2.45) is 10.2 Å². The predicted molar refractivity (Wildman–Crippen MR) is 95.4 cm³/mol. The van der Waals surface area contributed by atoms with E-state index in [1.165, 1.54) is 30.3 Å². The van der Waals surface area contributed by atoms with Crippen LogP contribution in [0.1, 0.15) is 0 Å². The molecule has 0 spiro atoms. The lowest BCUT2D eigenvalue weighted by Crippen LogP contribution is -2.01. The molecule has 0 fully saturated rings. The number of non-ortho nitro benzene ring substituents is 1. The second kappa shape index (κ2) is 6.50. The van der Waals surface area contributed by atoms with Gasteiger partial charge in [-0.3, -0.25) is 14.7 Å². The number of nitro benzene ring substituents is 1. The summed E-state index contributed by atoms with van der Waals surface area (Å²) in [5, 5.41) is 19.2. The zero-order valence-corrected chi connectivity index (χ0v) is 13.9. The Kier molecular flexibility index (Phi) is 4.36. The third-order valence-electron chi connectivity index (χ3n) is 3.62. The van der Waals surface area contributed by atoms with Crippen molar-refractivity contribution in [1.29, 1.82) is 0 Å². The Hall–Kier alpha value is -3.37. The smallest absolute Gasteiger partial charge is 0.295 e. The van der Waals surface area contributed by atoms with Crippen molar-refractivity contribution in [3.05, 3.63) is 64.7 Å². The summed E-state index contributed by atoms with van der Waals surface area (Å²) in [7, 11) is -4.52. The van der Waals surface area contributed by atoms with Crippen LogP contribution < -0.4 is 5.73 Å². The third kappa shape index (κ3) is 3.36. The third-order valence-corrected chi connectivity index (χ3v) is 4.51. The van der Waals surface area contributed by atoms with Gasteiger partial charge >= 0.3 is 0 Å². The second-order valence-electron chi connectivity index (χ2n) is 5.31. The van der Waals surface area contributed by atoms with Crippen LogP contribution in [0, 0.1) is 10.1 Å². The maximum absolute atomic E-state index is 11.7. The molecule has 0 aromatic heterocycles. The highest BCUT2D eigenvalue weighted by Gasteiger charge is 2.18. The summed E-state index contributed by atoms with van der Waals surface area (Å²) in [5.41, 5.74) is 6.25. The van der Waals surface area contributed by atoms with Crippen molar-refractivity contribution < 1.29 is 17.9 Å². The number of hydrogen-bond donors (Lipinski definition) is 2. The number of anilines is 1. The van der Waals surface area contributed by atoms with Gasteiger partial charge in [-0.15, -0.1) is 5.11 Å². The lowest BCUT2D eigenvalue weighted by atomic mass is 10.1. The highest BCUT2D eigenvalue weighted by Crippen LogP contribution is 2.36. The number of fused-ring (bicyclic) bond motifs is 1. The zero-order valence-electron chi connectivity index (χ0n) is 13.1. The van der Waals surface area contributed by atoms with Crippen LogP contribution in [0.4, 0.5) is 22.7 Å². The molecule has 9 nitrogen and oxygen atoms in total. The fourth-order valence-electron chi connectivity index (χ4n) is 2.43. The quantitative estimate of drug-likeness (QED) is 0.232. The molecule has 3 N–H and O–H groups in total. The molecule has 0 amide bonds. The first-order chi connectivity index (χ1) is 12.3. The molecular formula is C16H12N4O5S. The van der Waals surface area contributed by atoms with Crippen LogP contribution in [0.15, 0.2) is 69.7 Å². The maximum atomic E-state index is 11.7. The molecule has 0 aliphatic carbocycles. The Morgan fingerprint density at radius 2 is 1.69 bits per heavy atom. The van der Waals surface area contributed by atoms with E-state index >= 15 is 0 Å². The van der Waals surface area contributed by atoms with Crippen molar-refractivity contribution in [3.8, 4) is 0 Å². The monoisotopic (exact) mass is 372 g/mol. The molecule has 0 aliphatic heterocycles. The van der Waals surface area contributed by atoms with E-state index in [-0.39, 0.29) is 33.0 Å². The van der Waals surface area contributed by atoms with Gasteiger partial charge in [0.15, 0.2) is 0 Å². The standard InChI is InChI=1S/C16H12N4O5S/c17-16-13-7-2-1-6-12(13)15(26(23,24)25)9-14(16)19-18-10-4-3-5-11(8-10)20(21)22/h1-9H,17H2,(H,23,24,25)/b19-18+. The molecule has 132 valence electrons. The number of nitrogens with zero attached hydrogens (tertiary/aromatic N) is 3. The minimum absolute atomic E-state index is 0.0165. The minimum atomic E-state index is -4.52. The van der Waals surface area contributed by atoms with E-state index in [4.69, 9.17) is 5.73 Å². The lowest BCUT2D eigenvalue weighted by molar-refractivity contribution is -0.384. The van der Waals surface area contributed by atoms with Gasteiger partial charge in [-0.1, -0.05) is 30.3 Å². The van der Waals surface area contributed by atoms with Gasteiger partial charge in [0.1, 0.15) is 10.6 Å². The number of rotatable bonds is 4. The number of azo groups is 1. The first-order valence-electron chi connectivity index (χ1n) is 7.22. The maximum Gasteiger partial charge on any atom is 0.295 e. The molecule has 0 saturated carbocycles. The van der Waals surface area contributed by atoms with Gasteiger partial charge in [0, 0.05) is 22.9 Å². The highest BCUT2D eigenvalue weighted by molar-refractivity contribution is 7.86. The molecule has 0 unspecified atom stereocenters. The summed E-state index contributed by atoms with van der Waals surface area (Å²) in [6.07, 6.45) is 0. The van der Waals surface area contributed by atoms with Gasteiger partial charge in [0.2, 0.25) is 0 Å². The number of hydrogen-bond acceptors (Lipinski definition) is 7. The Labute approximate surface area is 147 Å². The Morgan fingerprint density at radius 1 is 1.00 bits per heavy atom. The summed E-state index contributed by atoms with van der Waals surface area (Å²) < 4.78 is 32.8. The molecule has 26 heavy (non-hydrogen) atoms. The molecule has 3 aromatic rings. The molecule has 0 radical (unpaired) electrons. The van der Waals surface area contributed by atoms with Gasteiger partial charge in [-0.05, 0) is 12.1 Å². The van der Waals surface area contributed by atoms with Crippen molar-refractivity contribution in [2.45, 2.75) is 4.90 Å². The molecular weight excluding hydrogens is 360 g/mol. The van der Waals surface area contributed by atoms with Crippen LogP contribution in [0.2, 0.25) is 0 Å². The average Bonchev–Trinajstić information content (AvgIpc) is 2.60. The summed E-state index contributed by atoms with van der Waals surface area (Å²) in [6, 6.07) is 12.9. The topological polar surface area (TPSA) is 148 Å². The molecule has 0 saturated heterocycles. The van der Waals surface area contributed by atoms with E-state index in [1.807, 2.05) is 0 Å². The molecule has 10 heteroatoms. The minimum Gasteiger partial charge on any atom is -0.396 e. The number of nitrogens with two attached hydrogens (primary N) is 1. The normalized spacial score (nSPS) is 11.9. The fourth-order valence-corrected chi connectivity index (χ4v) is 3.14. The van der Waals surface area contributed by atoms with Crippen molar-refractivity contribution in [1.82, 2.24) is 0 Å². The summed E-state index contributed by atoms with van der Waals surface area (Å²) in [6.45, 7) is 0. The fraction of sp³-hybridized carbons (Fsp3) is 0. The van der Waals surface area contributed by atoms with Crippen LogP contribution in [-0.2, 0) is 10.1 Å². The largest absolute Gasteiger partial charge is 0.396 e. The molecule has 0 heterocycles. The van der Waals surface area contributed by atoms with Gasteiger partial charge in [0.05, 0.1) is 16.3 Å². The van der Waals surface area contributed by atoms with E-state index in [9.17, 15) is 23.1 Å². The van der Waals surface area contributed by atoms with Crippen LogP contribution in [-0.4, -0.2) is 17.9 Å². The van der Waals surface area contributed by atoms with E-state index in [0.717, 1.165) is 6.07 Å². The van der Waals surface area contributed by atoms with Crippen LogP contribution in [0.25, 0.3) is 10.8 Å². The number of benzene rings is 3. The van der Waals surface area contributed by atoms with Gasteiger partial charge in [0.25, 0.3) is 15.8 Å². The van der Waals surface area contributed by atoms with Crippen molar-refractivity contribution >= 4 is 43.6 Å². The van der Waals surface area contributed by atoms with Crippen molar-refractivity contribution in [2.75, 3.05) is 5.73 Å². The van der Waals surface area contributed by atoms with E-state index in [0.29, 0.717) is 5.39 Å². The molecule has 0 bridgehead atoms. The zero-order chi connectivity index (χ0) is 18.9. The first kappa shape index (κ1) is 17.5. The molecule has 0 aliphatic rings. The SMILES string of the molecule is Nc1c(/N=N/c2cccc([N+](=O)[O-])c2)cc(S(=O)(=O)O)c2ccccc12. The summed E-state index contributed by atoms with van der Waals surface area (Å²) >= 11 is 0. The lowest BCUT2D eigenvalue weighted by Gasteiger charge is -2.09. The summed E-state index contributed by atoms with van der Waals surface area (Å²) in [4.78, 5) is 9.88. The molecule has 3 rings (SSSR count). The predicted octanol–water partition coefficient (Wildman–Crippen LogP) is 3.99. The highest BCUT2D eigenvalue weighted by atomic mass is 32.2. The van der Waals surface area contributed by atoms with Gasteiger partial charge in [-0.25, -0.2) is 0 Å². The van der Waals surface area contributed by atoms with Gasteiger partial charge in [-0.2, -0.15) is 13.5 Å². The van der Waals surface area contributed by atoms with Crippen LogP contribution >= 0.6 is 0 Å². The Balaban J connectivity index is 2.15. The average molecular weight is 372 g/mol.